The normalized spacial score (nSPS) is 56.1. The summed E-state index contributed by atoms with van der Waals surface area (Å²) in [6, 6.07) is 0. The molecular weight excluding hydrogens is 440 g/mol. The van der Waals surface area contributed by atoms with Gasteiger partial charge in [0, 0.05) is 17.8 Å². The molecule has 0 aromatic rings. The van der Waals surface area contributed by atoms with Crippen molar-refractivity contribution in [1.82, 2.24) is 0 Å². The summed E-state index contributed by atoms with van der Waals surface area (Å²) in [4.78, 5) is 27.3. The average Bonchev–Trinajstić information content (AvgIpc) is 2.79. The second-order valence-electron chi connectivity index (χ2n) is 14.5. The number of hydrogen-bond acceptors (Lipinski definition) is 5. The summed E-state index contributed by atoms with van der Waals surface area (Å²) >= 11 is 0. The third kappa shape index (κ3) is 2.78. The Morgan fingerprint density at radius 3 is 2.26 bits per heavy atom. The third-order valence-electron chi connectivity index (χ3n) is 13.1. The summed E-state index contributed by atoms with van der Waals surface area (Å²) < 4.78 is 0. The first kappa shape index (κ1) is 25.4. The van der Waals surface area contributed by atoms with E-state index in [1.165, 1.54) is 0 Å². The zero-order valence-corrected chi connectivity index (χ0v) is 22.8. The molecule has 5 aliphatic rings. The number of aliphatic hydroxyl groups is 3. The molecule has 0 saturated heterocycles. The first-order valence-electron chi connectivity index (χ1n) is 13.9. The predicted molar refractivity (Wildman–Crippen MR) is 134 cm³/mol. The number of carbonyl (C=O) groups is 2. The number of fused-ring (bicyclic) bond motifs is 7. The van der Waals surface area contributed by atoms with Gasteiger partial charge in [-0.25, -0.2) is 0 Å². The van der Waals surface area contributed by atoms with Crippen LogP contribution in [0.3, 0.4) is 0 Å². The molecule has 0 unspecified atom stereocenters. The van der Waals surface area contributed by atoms with Crippen LogP contribution in [0.25, 0.3) is 0 Å². The lowest BCUT2D eigenvalue weighted by molar-refractivity contribution is -0.215. The lowest BCUT2D eigenvalue weighted by Gasteiger charge is -2.71. The van der Waals surface area contributed by atoms with Gasteiger partial charge in [0.1, 0.15) is 5.78 Å². The van der Waals surface area contributed by atoms with E-state index in [0.717, 1.165) is 24.8 Å². The molecule has 5 heteroatoms. The van der Waals surface area contributed by atoms with Crippen LogP contribution in [0, 0.1) is 56.7 Å². The molecule has 3 N–H and O–H groups in total. The summed E-state index contributed by atoms with van der Waals surface area (Å²) in [5.74, 6) is 0.0673. The molecule has 0 aromatic carbocycles. The number of aliphatic hydroxyl groups excluding tert-OH is 3. The average molecular weight is 487 g/mol. The van der Waals surface area contributed by atoms with Gasteiger partial charge in [0.2, 0.25) is 5.78 Å². The maximum atomic E-state index is 14.3. The molecule has 4 saturated carbocycles. The monoisotopic (exact) mass is 486 g/mol. The van der Waals surface area contributed by atoms with Crippen LogP contribution in [-0.4, -0.2) is 39.6 Å². The quantitative estimate of drug-likeness (QED) is 0.471. The van der Waals surface area contributed by atoms with E-state index < -0.39 is 33.7 Å². The van der Waals surface area contributed by atoms with Crippen molar-refractivity contribution in [1.29, 1.82) is 0 Å². The Hall–Kier alpha value is -1.20. The first-order valence-corrected chi connectivity index (χ1v) is 13.9. The van der Waals surface area contributed by atoms with E-state index in [2.05, 4.69) is 41.5 Å². The fourth-order valence-electron chi connectivity index (χ4n) is 10.7. The van der Waals surface area contributed by atoms with Crippen LogP contribution >= 0.6 is 0 Å². The van der Waals surface area contributed by atoms with E-state index in [9.17, 15) is 24.9 Å². The van der Waals surface area contributed by atoms with E-state index in [1.807, 2.05) is 6.92 Å². The van der Waals surface area contributed by atoms with E-state index >= 15 is 0 Å². The Kier molecular flexibility index (Phi) is 5.40. The van der Waals surface area contributed by atoms with E-state index in [1.54, 1.807) is 0 Å². The van der Waals surface area contributed by atoms with Crippen molar-refractivity contribution in [2.24, 2.45) is 56.7 Å². The number of rotatable bonds is 1. The van der Waals surface area contributed by atoms with Crippen molar-refractivity contribution in [3.63, 3.8) is 0 Å². The van der Waals surface area contributed by atoms with Gasteiger partial charge in [-0.2, -0.15) is 0 Å². The van der Waals surface area contributed by atoms with Crippen LogP contribution in [0.5, 0.6) is 0 Å². The summed E-state index contributed by atoms with van der Waals surface area (Å²) in [6.45, 7) is 14.9. The van der Waals surface area contributed by atoms with Gasteiger partial charge >= 0.3 is 0 Å². The molecule has 0 amide bonds. The molecule has 11 atom stereocenters. The first-order chi connectivity index (χ1) is 16.1. The van der Waals surface area contributed by atoms with Gasteiger partial charge < -0.3 is 15.3 Å². The SMILES string of the molecule is C[C@H]1[C@H](C)CC[C@]2(C)C[C@H](O)[C@]3(C)C(=C(O)C(=O)[C@@H]4[C@@]5(C)CCC(=O)[C@](C)(CO)[C@@H]5CC[C@]43C)[C@H]12. The van der Waals surface area contributed by atoms with Crippen molar-refractivity contribution >= 4 is 11.6 Å². The van der Waals surface area contributed by atoms with Gasteiger partial charge in [0.05, 0.1) is 18.1 Å². The molecular formula is C30H46O5. The van der Waals surface area contributed by atoms with Crippen molar-refractivity contribution in [3.05, 3.63) is 11.3 Å². The zero-order valence-electron chi connectivity index (χ0n) is 22.8. The summed E-state index contributed by atoms with van der Waals surface area (Å²) in [5.41, 5.74) is -1.95. The van der Waals surface area contributed by atoms with Crippen molar-refractivity contribution < 1.29 is 24.9 Å². The van der Waals surface area contributed by atoms with Crippen LogP contribution in [-0.2, 0) is 9.59 Å². The molecule has 0 aromatic heterocycles. The topological polar surface area (TPSA) is 94.8 Å². The largest absolute Gasteiger partial charge is 0.504 e. The van der Waals surface area contributed by atoms with E-state index in [0.29, 0.717) is 37.5 Å². The standard InChI is InChI=1S/C30H46O5/c1-16-8-11-26(3)14-20(33)30(7)22(21(26)17(16)2)23(34)24(35)25-27(4)12-10-19(32)28(5,15-31)18(27)9-13-29(25,30)6/h16-18,20-21,25,31,33-34H,8-15H2,1-7H3/t16-,17+,18-,20+,21+,25-,26-,27+,28-,29-,30-/m1/s1. The Bertz CT molecular complexity index is 1000. The Morgan fingerprint density at radius 1 is 0.971 bits per heavy atom. The maximum absolute atomic E-state index is 14.3. The van der Waals surface area contributed by atoms with Gasteiger partial charge in [0.25, 0.3) is 0 Å². The molecule has 5 nitrogen and oxygen atoms in total. The van der Waals surface area contributed by atoms with Gasteiger partial charge in [0.15, 0.2) is 5.76 Å². The van der Waals surface area contributed by atoms with E-state index in [-0.39, 0.29) is 41.2 Å². The second-order valence-corrected chi connectivity index (χ2v) is 14.5. The third-order valence-corrected chi connectivity index (χ3v) is 13.1. The van der Waals surface area contributed by atoms with Crippen molar-refractivity contribution in [2.75, 3.05) is 6.61 Å². The zero-order chi connectivity index (χ0) is 25.9. The number of ketones is 2. The van der Waals surface area contributed by atoms with Crippen molar-refractivity contribution in [2.45, 2.75) is 99.5 Å². The van der Waals surface area contributed by atoms with Crippen LogP contribution in [0.15, 0.2) is 11.3 Å². The van der Waals surface area contributed by atoms with E-state index in [4.69, 9.17) is 0 Å². The minimum absolute atomic E-state index is 0.0718. The van der Waals surface area contributed by atoms with Crippen LogP contribution < -0.4 is 0 Å². The highest BCUT2D eigenvalue weighted by Crippen LogP contribution is 2.75. The predicted octanol–water partition coefficient (Wildman–Crippen LogP) is 5.24. The summed E-state index contributed by atoms with van der Waals surface area (Å²) in [5, 5.41) is 34.1. The Morgan fingerprint density at radius 2 is 1.63 bits per heavy atom. The lowest BCUT2D eigenvalue weighted by Crippen LogP contribution is -2.70. The van der Waals surface area contributed by atoms with Gasteiger partial charge in [-0.05, 0) is 84.0 Å². The molecule has 5 aliphatic carbocycles. The molecule has 5 rings (SSSR count). The summed E-state index contributed by atoms with van der Waals surface area (Å²) in [7, 11) is 0. The van der Waals surface area contributed by atoms with Crippen molar-refractivity contribution in [3.8, 4) is 0 Å². The number of Topliss-reactive ketones (excluding diaryl/α,β-unsaturated/α-hetero) is 2. The minimum Gasteiger partial charge on any atom is -0.504 e. The van der Waals surface area contributed by atoms with Gasteiger partial charge in [-0.1, -0.05) is 48.5 Å². The maximum Gasteiger partial charge on any atom is 0.201 e. The molecule has 0 bridgehead atoms. The van der Waals surface area contributed by atoms with Crippen LogP contribution in [0.4, 0.5) is 0 Å². The highest BCUT2D eigenvalue weighted by Gasteiger charge is 2.74. The molecule has 0 aliphatic heterocycles. The molecule has 4 fully saturated rings. The molecule has 0 heterocycles. The number of allylic oxidation sites excluding steroid dienone is 1. The number of hydrogen-bond donors (Lipinski definition) is 3. The lowest BCUT2D eigenvalue weighted by atomic mass is 9.32. The Labute approximate surface area is 210 Å². The highest BCUT2D eigenvalue weighted by molar-refractivity contribution is 5.99. The number of carbonyl (C=O) groups excluding carboxylic acids is 2. The Balaban J connectivity index is 1.73. The van der Waals surface area contributed by atoms with Gasteiger partial charge in [-0.3, -0.25) is 9.59 Å². The van der Waals surface area contributed by atoms with Crippen LogP contribution in [0.2, 0.25) is 0 Å². The second kappa shape index (κ2) is 7.43. The molecule has 0 radical (unpaired) electrons. The fourth-order valence-corrected chi connectivity index (χ4v) is 10.7. The minimum atomic E-state index is -0.869. The molecule has 196 valence electrons. The summed E-state index contributed by atoms with van der Waals surface area (Å²) in [6.07, 6.45) is 4.51. The highest BCUT2D eigenvalue weighted by atomic mass is 16.3. The molecule has 0 spiro atoms. The molecule has 35 heavy (non-hydrogen) atoms. The fraction of sp³-hybridized carbons (Fsp3) is 0.867. The van der Waals surface area contributed by atoms with Gasteiger partial charge in [-0.15, -0.1) is 0 Å². The smallest absolute Gasteiger partial charge is 0.201 e. The van der Waals surface area contributed by atoms with Crippen LogP contribution in [0.1, 0.15) is 93.4 Å².